The van der Waals surface area contributed by atoms with Gasteiger partial charge < -0.3 is 30.6 Å². The Morgan fingerprint density at radius 2 is 1.58 bits per heavy atom. The Kier molecular flexibility index (Phi) is 12.1. The third-order valence-corrected chi connectivity index (χ3v) is 8.20. The lowest BCUT2D eigenvalue weighted by atomic mass is 9.85. The number of benzene rings is 3. The highest BCUT2D eigenvalue weighted by Gasteiger charge is 2.36. The standard InChI is InChI=1S/C36H43F4N3O5/c1-35(2,3)48-34(45)43-25-13-11-24(12-14-25)42-21-28(22-8-6-5-7-9-22)23-10-16-29(36(38,39)40)27(20-23)31-26(33(41)44)15-17-30(32(31)37)47-19-18-46-4/h5-10,15-17,20,24-25,28,42H,11-14,18-19,21H2,1-4H3,(H2,41,44)(H,43,45). The number of ether oxygens (including phenoxy) is 3. The van der Waals surface area contributed by atoms with E-state index in [9.17, 15) is 22.8 Å². The van der Waals surface area contributed by atoms with Crippen LogP contribution in [0.5, 0.6) is 5.75 Å². The van der Waals surface area contributed by atoms with Crippen LogP contribution in [0, 0.1) is 5.82 Å². The smallest absolute Gasteiger partial charge is 0.417 e. The molecule has 1 aliphatic carbocycles. The number of carbonyl (C=O) groups is 2. The molecule has 0 bridgehead atoms. The quantitative estimate of drug-likeness (QED) is 0.139. The first-order valence-electron chi connectivity index (χ1n) is 15.9. The zero-order valence-electron chi connectivity index (χ0n) is 27.6. The molecule has 0 radical (unpaired) electrons. The molecule has 1 fully saturated rings. The molecule has 4 N–H and O–H groups in total. The fourth-order valence-corrected chi connectivity index (χ4v) is 5.92. The van der Waals surface area contributed by atoms with Gasteiger partial charge in [-0.05, 0) is 87.4 Å². The number of halogens is 4. The highest BCUT2D eigenvalue weighted by Crippen LogP contribution is 2.43. The molecule has 0 aliphatic heterocycles. The predicted molar refractivity (Wildman–Crippen MR) is 174 cm³/mol. The summed E-state index contributed by atoms with van der Waals surface area (Å²) in [6, 6.07) is 15.3. The number of hydrogen-bond acceptors (Lipinski definition) is 6. The number of alkyl carbamates (subject to hydrolysis) is 1. The van der Waals surface area contributed by atoms with Crippen LogP contribution in [0.4, 0.5) is 22.4 Å². The Balaban J connectivity index is 1.66. The van der Waals surface area contributed by atoms with Crippen LogP contribution in [0.1, 0.15) is 79.4 Å². The molecule has 8 nitrogen and oxygen atoms in total. The molecule has 0 heterocycles. The molecule has 1 atom stereocenters. The third kappa shape index (κ3) is 9.70. The van der Waals surface area contributed by atoms with E-state index >= 15 is 4.39 Å². The van der Waals surface area contributed by atoms with Crippen molar-refractivity contribution in [3.63, 3.8) is 0 Å². The molecule has 2 amide bonds. The maximum Gasteiger partial charge on any atom is 0.417 e. The van der Waals surface area contributed by atoms with E-state index in [-0.39, 0.29) is 31.0 Å². The molecular weight excluding hydrogens is 630 g/mol. The molecule has 0 spiro atoms. The van der Waals surface area contributed by atoms with Crippen molar-refractivity contribution < 1.29 is 41.4 Å². The monoisotopic (exact) mass is 673 g/mol. The van der Waals surface area contributed by atoms with Gasteiger partial charge in [0.25, 0.3) is 0 Å². The van der Waals surface area contributed by atoms with Gasteiger partial charge >= 0.3 is 12.3 Å². The predicted octanol–water partition coefficient (Wildman–Crippen LogP) is 7.19. The van der Waals surface area contributed by atoms with Gasteiger partial charge in [-0.15, -0.1) is 0 Å². The highest BCUT2D eigenvalue weighted by molar-refractivity contribution is 6.01. The first-order valence-corrected chi connectivity index (χ1v) is 15.9. The summed E-state index contributed by atoms with van der Waals surface area (Å²) in [5, 5.41) is 6.49. The minimum Gasteiger partial charge on any atom is -0.488 e. The summed E-state index contributed by atoms with van der Waals surface area (Å²) in [4.78, 5) is 24.6. The van der Waals surface area contributed by atoms with Crippen molar-refractivity contribution in [3.05, 3.63) is 88.7 Å². The van der Waals surface area contributed by atoms with Crippen molar-refractivity contribution in [2.24, 2.45) is 5.73 Å². The number of nitrogens with one attached hydrogen (secondary N) is 2. The van der Waals surface area contributed by atoms with E-state index < -0.39 is 57.8 Å². The van der Waals surface area contributed by atoms with E-state index in [1.165, 1.54) is 31.4 Å². The minimum absolute atomic E-state index is 0.0242. The van der Waals surface area contributed by atoms with Gasteiger partial charge in [0.15, 0.2) is 11.6 Å². The Morgan fingerprint density at radius 1 is 0.917 bits per heavy atom. The number of alkyl halides is 3. The van der Waals surface area contributed by atoms with E-state index in [4.69, 9.17) is 19.9 Å². The van der Waals surface area contributed by atoms with Crippen LogP contribution < -0.4 is 21.1 Å². The van der Waals surface area contributed by atoms with Crippen molar-refractivity contribution in [2.45, 2.75) is 76.2 Å². The van der Waals surface area contributed by atoms with Gasteiger partial charge in [0.05, 0.1) is 17.7 Å². The normalized spacial score (nSPS) is 17.4. The molecule has 1 unspecified atom stereocenters. The number of carbonyl (C=O) groups excluding carboxylic acids is 2. The van der Waals surface area contributed by atoms with Gasteiger partial charge in [-0.1, -0.05) is 36.4 Å². The van der Waals surface area contributed by atoms with E-state index in [2.05, 4.69) is 10.6 Å². The van der Waals surface area contributed by atoms with Crippen molar-refractivity contribution in [1.82, 2.24) is 10.6 Å². The fraction of sp³-hybridized carbons (Fsp3) is 0.444. The first-order chi connectivity index (χ1) is 22.7. The molecule has 1 aliphatic rings. The second-order valence-electron chi connectivity index (χ2n) is 12.9. The third-order valence-electron chi connectivity index (χ3n) is 8.20. The molecular formula is C36H43F4N3O5. The summed E-state index contributed by atoms with van der Waals surface area (Å²) < 4.78 is 75.1. The first kappa shape index (κ1) is 36.7. The van der Waals surface area contributed by atoms with E-state index in [0.717, 1.165) is 37.3 Å². The number of primary amides is 1. The van der Waals surface area contributed by atoms with Crippen molar-refractivity contribution in [1.29, 1.82) is 0 Å². The number of amides is 2. The summed E-state index contributed by atoms with van der Waals surface area (Å²) in [6.45, 7) is 5.84. The molecule has 0 aromatic heterocycles. The molecule has 0 saturated heterocycles. The minimum atomic E-state index is -4.87. The fourth-order valence-electron chi connectivity index (χ4n) is 5.92. The van der Waals surface area contributed by atoms with Gasteiger partial charge in [0, 0.05) is 37.2 Å². The number of nitrogens with two attached hydrogens (primary N) is 1. The number of hydrogen-bond donors (Lipinski definition) is 3. The van der Waals surface area contributed by atoms with Gasteiger partial charge in [0.1, 0.15) is 12.2 Å². The van der Waals surface area contributed by atoms with Crippen molar-refractivity contribution in [2.75, 3.05) is 26.9 Å². The maximum atomic E-state index is 16.0. The van der Waals surface area contributed by atoms with Crippen LogP contribution in [0.25, 0.3) is 11.1 Å². The second kappa shape index (κ2) is 15.8. The molecule has 260 valence electrons. The molecule has 48 heavy (non-hydrogen) atoms. The van der Waals surface area contributed by atoms with E-state index in [1.54, 1.807) is 20.8 Å². The lowest BCUT2D eigenvalue weighted by Gasteiger charge is -2.32. The van der Waals surface area contributed by atoms with Crippen LogP contribution in [-0.4, -0.2) is 56.6 Å². The Morgan fingerprint density at radius 3 is 2.19 bits per heavy atom. The summed E-state index contributed by atoms with van der Waals surface area (Å²) in [7, 11) is 1.43. The largest absolute Gasteiger partial charge is 0.488 e. The van der Waals surface area contributed by atoms with E-state index in [1.807, 2.05) is 30.3 Å². The van der Waals surface area contributed by atoms with E-state index in [0.29, 0.717) is 12.1 Å². The lowest BCUT2D eigenvalue weighted by molar-refractivity contribution is -0.137. The van der Waals surface area contributed by atoms with Crippen LogP contribution in [-0.2, 0) is 15.7 Å². The average molecular weight is 674 g/mol. The maximum absolute atomic E-state index is 16.0. The zero-order chi connectivity index (χ0) is 35.1. The van der Waals surface area contributed by atoms with Crippen molar-refractivity contribution >= 4 is 12.0 Å². The van der Waals surface area contributed by atoms with Gasteiger partial charge in [-0.25, -0.2) is 9.18 Å². The Hall–Kier alpha value is -4.16. The topological polar surface area (TPSA) is 112 Å². The molecule has 3 aromatic carbocycles. The number of methoxy groups -OCH3 is 1. The number of rotatable bonds is 12. The highest BCUT2D eigenvalue weighted by atomic mass is 19.4. The van der Waals surface area contributed by atoms with Crippen molar-refractivity contribution in [3.8, 4) is 16.9 Å². The van der Waals surface area contributed by atoms with Crippen LogP contribution in [0.3, 0.4) is 0 Å². The van der Waals surface area contributed by atoms with Crippen LogP contribution in [0.15, 0.2) is 60.7 Å². The SMILES string of the molecule is COCCOc1ccc(C(N)=O)c(-c2cc(C(CNC3CCC(NC(=O)OC(C)(C)C)CC3)c3ccccc3)ccc2C(F)(F)F)c1F. The molecule has 1 saturated carbocycles. The van der Waals surface area contributed by atoms with Crippen LogP contribution >= 0.6 is 0 Å². The summed E-state index contributed by atoms with van der Waals surface area (Å²) in [5.41, 5.74) is 3.66. The van der Waals surface area contributed by atoms with Gasteiger partial charge in [-0.3, -0.25) is 4.79 Å². The Bertz CT molecular complexity index is 1550. The molecule has 3 aromatic rings. The summed E-state index contributed by atoms with van der Waals surface area (Å²) >= 11 is 0. The zero-order valence-corrected chi connectivity index (χ0v) is 27.6. The average Bonchev–Trinajstić information content (AvgIpc) is 3.01. The second-order valence-corrected chi connectivity index (χ2v) is 12.9. The molecule has 4 rings (SSSR count). The van der Waals surface area contributed by atoms with Gasteiger partial charge in [0.2, 0.25) is 5.91 Å². The lowest BCUT2D eigenvalue weighted by Crippen LogP contribution is -2.44. The summed E-state index contributed by atoms with van der Waals surface area (Å²) in [6.07, 6.45) is -2.32. The van der Waals surface area contributed by atoms with Gasteiger partial charge in [-0.2, -0.15) is 13.2 Å². The van der Waals surface area contributed by atoms with Crippen LogP contribution in [0.2, 0.25) is 0 Å². The Labute approximate surface area is 278 Å². The molecule has 12 heteroatoms. The summed E-state index contributed by atoms with van der Waals surface area (Å²) in [5.74, 6) is -2.96.